The van der Waals surface area contributed by atoms with Crippen LogP contribution in [0.4, 0.5) is 14.5 Å². The van der Waals surface area contributed by atoms with E-state index in [4.69, 9.17) is 4.74 Å². The number of nitrogens with zero attached hydrogens (tertiary/aromatic N) is 2. The van der Waals surface area contributed by atoms with Crippen molar-refractivity contribution >= 4 is 11.6 Å². The van der Waals surface area contributed by atoms with Crippen molar-refractivity contribution in [2.75, 3.05) is 38.7 Å². The van der Waals surface area contributed by atoms with Gasteiger partial charge < -0.3 is 20.3 Å². The predicted octanol–water partition coefficient (Wildman–Crippen LogP) is 3.52. The zero-order valence-electron chi connectivity index (χ0n) is 17.1. The minimum atomic E-state index is -0.561. The molecule has 0 amide bonds. The van der Waals surface area contributed by atoms with Gasteiger partial charge in [0, 0.05) is 44.7 Å². The summed E-state index contributed by atoms with van der Waals surface area (Å²) in [5.41, 5.74) is 1.57. The fourth-order valence-corrected chi connectivity index (χ4v) is 3.66. The third-order valence-electron chi connectivity index (χ3n) is 5.25. The van der Waals surface area contributed by atoms with Crippen molar-refractivity contribution in [1.82, 2.24) is 10.6 Å². The quantitative estimate of drug-likeness (QED) is 0.573. The number of methoxy groups -OCH3 is 1. The van der Waals surface area contributed by atoms with Gasteiger partial charge in [0.2, 0.25) is 0 Å². The second-order valence-electron chi connectivity index (χ2n) is 7.27. The lowest BCUT2D eigenvalue weighted by Gasteiger charge is -2.22. The third-order valence-corrected chi connectivity index (χ3v) is 5.25. The first-order chi connectivity index (χ1) is 14.0. The summed E-state index contributed by atoms with van der Waals surface area (Å²) in [5.74, 6) is 0.724. The first kappa shape index (κ1) is 20.9. The Balaban J connectivity index is 1.54. The van der Waals surface area contributed by atoms with E-state index in [2.05, 4.69) is 28.6 Å². The van der Waals surface area contributed by atoms with Crippen LogP contribution in [0.2, 0.25) is 0 Å². The monoisotopic (exact) mass is 402 g/mol. The summed E-state index contributed by atoms with van der Waals surface area (Å²) >= 11 is 0. The number of benzene rings is 2. The van der Waals surface area contributed by atoms with Crippen LogP contribution >= 0.6 is 0 Å². The van der Waals surface area contributed by atoms with Crippen molar-refractivity contribution in [1.29, 1.82) is 0 Å². The van der Waals surface area contributed by atoms with E-state index in [1.54, 1.807) is 14.2 Å². The van der Waals surface area contributed by atoms with Crippen LogP contribution in [0.15, 0.2) is 47.5 Å². The summed E-state index contributed by atoms with van der Waals surface area (Å²) < 4.78 is 32.6. The van der Waals surface area contributed by atoms with Crippen molar-refractivity contribution in [2.24, 2.45) is 4.99 Å². The Morgan fingerprint density at radius 3 is 2.79 bits per heavy atom. The molecule has 1 aliphatic heterocycles. The average molecular weight is 402 g/mol. The topological polar surface area (TPSA) is 48.9 Å². The number of halogens is 2. The van der Waals surface area contributed by atoms with Crippen LogP contribution in [0, 0.1) is 11.6 Å². The molecular weight excluding hydrogens is 374 g/mol. The molecule has 2 aromatic carbocycles. The molecule has 0 aromatic heterocycles. The van der Waals surface area contributed by atoms with Gasteiger partial charge in [0.25, 0.3) is 0 Å². The Morgan fingerprint density at radius 1 is 1.28 bits per heavy atom. The van der Waals surface area contributed by atoms with Crippen LogP contribution < -0.4 is 20.3 Å². The maximum Gasteiger partial charge on any atom is 0.191 e. The molecule has 2 aromatic rings. The van der Waals surface area contributed by atoms with E-state index < -0.39 is 11.6 Å². The number of hydrogen-bond donors (Lipinski definition) is 2. The van der Waals surface area contributed by atoms with Crippen LogP contribution in [-0.2, 0) is 0 Å². The smallest absolute Gasteiger partial charge is 0.191 e. The van der Waals surface area contributed by atoms with Gasteiger partial charge in [-0.05, 0) is 30.2 Å². The number of para-hydroxylation sites is 1. The number of guanidine groups is 1. The first-order valence-corrected chi connectivity index (χ1v) is 9.82. The highest BCUT2D eigenvalue weighted by Gasteiger charge is 2.25. The molecule has 0 aliphatic carbocycles. The summed E-state index contributed by atoms with van der Waals surface area (Å²) in [7, 11) is 3.41. The zero-order valence-corrected chi connectivity index (χ0v) is 17.1. The fraction of sp³-hybridized carbons (Fsp3) is 0.409. The normalized spacial score (nSPS) is 17.9. The number of aliphatic imine (C=N–C) groups is 1. The van der Waals surface area contributed by atoms with Gasteiger partial charge in [-0.2, -0.15) is 0 Å². The summed E-state index contributed by atoms with van der Waals surface area (Å²) in [5, 5.41) is 6.76. The molecule has 2 unspecified atom stereocenters. The van der Waals surface area contributed by atoms with Crippen molar-refractivity contribution in [3.63, 3.8) is 0 Å². The lowest BCUT2D eigenvalue weighted by molar-refractivity contribution is 0.406. The SMILES string of the molecule is CN=C(NCC(C)c1ccccc1OC)NC1CCN(c2ccc(F)cc2F)C1. The molecule has 2 atom stereocenters. The molecule has 0 spiro atoms. The highest BCUT2D eigenvalue weighted by molar-refractivity contribution is 5.80. The number of hydrogen-bond acceptors (Lipinski definition) is 3. The lowest BCUT2D eigenvalue weighted by Crippen LogP contribution is -2.45. The molecule has 2 N–H and O–H groups in total. The number of ether oxygens (including phenoxy) is 1. The fourth-order valence-electron chi connectivity index (χ4n) is 3.66. The van der Waals surface area contributed by atoms with Crippen molar-refractivity contribution in [2.45, 2.75) is 25.3 Å². The minimum absolute atomic E-state index is 0.132. The Hall–Kier alpha value is -2.83. The molecule has 0 radical (unpaired) electrons. The summed E-state index contributed by atoms with van der Waals surface area (Å²) in [4.78, 5) is 6.24. The van der Waals surface area contributed by atoms with Gasteiger partial charge in [-0.25, -0.2) is 8.78 Å². The van der Waals surface area contributed by atoms with Gasteiger partial charge in [-0.3, -0.25) is 4.99 Å². The van der Waals surface area contributed by atoms with E-state index in [1.807, 2.05) is 23.1 Å². The molecule has 1 saturated heterocycles. The number of nitrogens with one attached hydrogen (secondary N) is 2. The Kier molecular flexibility index (Phi) is 6.90. The lowest BCUT2D eigenvalue weighted by atomic mass is 10.0. The molecule has 1 aliphatic rings. The molecule has 0 saturated carbocycles. The number of rotatable bonds is 6. The molecule has 1 heterocycles. The van der Waals surface area contributed by atoms with Gasteiger partial charge in [-0.1, -0.05) is 25.1 Å². The summed E-state index contributed by atoms with van der Waals surface area (Å²) in [6, 6.07) is 11.8. The van der Waals surface area contributed by atoms with E-state index in [1.165, 1.54) is 12.1 Å². The number of anilines is 1. The van der Waals surface area contributed by atoms with Gasteiger partial charge >= 0.3 is 0 Å². The van der Waals surface area contributed by atoms with E-state index in [0.717, 1.165) is 23.8 Å². The maximum atomic E-state index is 14.0. The third kappa shape index (κ3) is 5.16. The average Bonchev–Trinajstić information content (AvgIpc) is 3.18. The van der Waals surface area contributed by atoms with Crippen LogP contribution in [0.3, 0.4) is 0 Å². The zero-order chi connectivity index (χ0) is 20.8. The van der Waals surface area contributed by atoms with Crippen molar-refractivity contribution in [3.05, 3.63) is 59.7 Å². The molecule has 29 heavy (non-hydrogen) atoms. The second kappa shape index (κ2) is 9.58. The molecule has 1 fully saturated rings. The standard InChI is InChI=1S/C22H28F2N4O/c1-15(18-6-4-5-7-21(18)29-3)13-26-22(25-2)27-17-10-11-28(14-17)20-9-8-16(23)12-19(20)24/h4-9,12,15,17H,10-11,13-14H2,1-3H3,(H2,25,26,27). The molecule has 3 rings (SSSR count). The minimum Gasteiger partial charge on any atom is -0.496 e. The van der Waals surface area contributed by atoms with E-state index in [0.29, 0.717) is 31.3 Å². The molecule has 0 bridgehead atoms. The van der Waals surface area contributed by atoms with Gasteiger partial charge in [0.1, 0.15) is 17.4 Å². The predicted molar refractivity (Wildman–Crippen MR) is 113 cm³/mol. The van der Waals surface area contributed by atoms with Crippen LogP contribution in [0.1, 0.15) is 24.8 Å². The Labute approximate surface area is 170 Å². The van der Waals surface area contributed by atoms with E-state index >= 15 is 0 Å². The van der Waals surface area contributed by atoms with Gasteiger partial charge in [-0.15, -0.1) is 0 Å². The summed E-state index contributed by atoms with van der Waals surface area (Å²) in [6.07, 6.45) is 0.847. The van der Waals surface area contributed by atoms with E-state index in [-0.39, 0.29) is 12.0 Å². The Morgan fingerprint density at radius 2 is 2.07 bits per heavy atom. The van der Waals surface area contributed by atoms with Crippen LogP contribution in [-0.4, -0.2) is 45.8 Å². The highest BCUT2D eigenvalue weighted by Crippen LogP contribution is 2.26. The molecule has 7 heteroatoms. The first-order valence-electron chi connectivity index (χ1n) is 9.82. The molecule has 156 valence electrons. The highest BCUT2D eigenvalue weighted by atomic mass is 19.1. The summed E-state index contributed by atoms with van der Waals surface area (Å²) in [6.45, 7) is 4.16. The maximum absolute atomic E-state index is 14.0. The van der Waals surface area contributed by atoms with Crippen LogP contribution in [0.25, 0.3) is 0 Å². The van der Waals surface area contributed by atoms with Gasteiger partial charge in [0.15, 0.2) is 5.96 Å². The Bertz CT molecular complexity index is 858. The largest absolute Gasteiger partial charge is 0.496 e. The van der Waals surface area contributed by atoms with Crippen molar-refractivity contribution < 1.29 is 13.5 Å². The molecule has 5 nitrogen and oxygen atoms in total. The molecular formula is C22H28F2N4O. The van der Waals surface area contributed by atoms with Gasteiger partial charge in [0.05, 0.1) is 12.8 Å². The van der Waals surface area contributed by atoms with E-state index in [9.17, 15) is 8.78 Å². The van der Waals surface area contributed by atoms with Crippen LogP contribution in [0.5, 0.6) is 5.75 Å². The second-order valence-corrected chi connectivity index (χ2v) is 7.27. The van der Waals surface area contributed by atoms with Crippen molar-refractivity contribution in [3.8, 4) is 5.75 Å².